The van der Waals surface area contributed by atoms with Crippen molar-refractivity contribution in [1.29, 1.82) is 0 Å². The molecule has 0 bridgehead atoms. The van der Waals surface area contributed by atoms with E-state index >= 15 is 0 Å². The van der Waals surface area contributed by atoms with Crippen molar-refractivity contribution in [2.24, 2.45) is 0 Å². The molecular weight excluding hydrogens is 346 g/mol. The van der Waals surface area contributed by atoms with Gasteiger partial charge >= 0.3 is 0 Å². The Morgan fingerprint density at radius 2 is 1.65 bits per heavy atom. The molecule has 0 aliphatic heterocycles. The second kappa shape index (κ2) is 6.31. The van der Waals surface area contributed by atoms with Gasteiger partial charge in [0.05, 0.1) is 21.6 Å². The van der Waals surface area contributed by atoms with Crippen LogP contribution in [0, 0.1) is 6.92 Å². The third kappa shape index (κ3) is 3.07. The number of aromatic nitrogens is 2. The first-order chi connectivity index (χ1) is 12.5. The fourth-order valence-corrected chi connectivity index (χ4v) is 3.87. The highest BCUT2D eigenvalue weighted by Crippen LogP contribution is 2.23. The van der Waals surface area contributed by atoms with Crippen molar-refractivity contribution in [2.75, 3.05) is 4.72 Å². The van der Waals surface area contributed by atoms with Gasteiger partial charge in [0.15, 0.2) is 0 Å². The molecule has 4 aromatic rings. The monoisotopic (exact) mass is 363 g/mol. The predicted molar refractivity (Wildman–Crippen MR) is 103 cm³/mol. The van der Waals surface area contributed by atoms with Gasteiger partial charge in [-0.3, -0.25) is 9.29 Å². The molecule has 4 rings (SSSR count). The highest BCUT2D eigenvalue weighted by atomic mass is 32.2. The summed E-state index contributed by atoms with van der Waals surface area (Å²) in [5, 5.41) is 0. The summed E-state index contributed by atoms with van der Waals surface area (Å²) < 4.78 is 29.5. The Labute approximate surface area is 152 Å². The fraction of sp³-hybridized carbons (Fsp3) is 0.0500. The van der Waals surface area contributed by atoms with Crippen molar-refractivity contribution in [3.8, 4) is 5.69 Å². The van der Waals surface area contributed by atoms with E-state index in [4.69, 9.17) is 0 Å². The lowest BCUT2D eigenvalue weighted by Crippen LogP contribution is -2.12. The molecule has 5 nitrogen and oxygen atoms in total. The highest BCUT2D eigenvalue weighted by Gasteiger charge is 2.14. The summed E-state index contributed by atoms with van der Waals surface area (Å²) in [6.07, 6.45) is 1.74. The zero-order valence-corrected chi connectivity index (χ0v) is 14.9. The number of aryl methyl sites for hydroxylation is 1. The number of hydrogen-bond donors (Lipinski definition) is 1. The molecule has 3 aromatic carbocycles. The summed E-state index contributed by atoms with van der Waals surface area (Å²) in [6, 6.07) is 21.8. The molecular formula is C20H17N3O2S. The van der Waals surface area contributed by atoms with Gasteiger partial charge in [0.2, 0.25) is 0 Å². The SMILES string of the molecule is Cc1ccc(-n2cnc3cc(NS(=O)(=O)c4ccccc4)ccc32)cc1. The van der Waals surface area contributed by atoms with E-state index < -0.39 is 10.0 Å². The molecule has 0 saturated heterocycles. The Kier molecular flexibility index (Phi) is 3.97. The van der Waals surface area contributed by atoms with Gasteiger partial charge in [0, 0.05) is 5.69 Å². The molecule has 0 aliphatic rings. The highest BCUT2D eigenvalue weighted by molar-refractivity contribution is 7.92. The first-order valence-corrected chi connectivity index (χ1v) is 9.63. The van der Waals surface area contributed by atoms with Gasteiger partial charge in [-0.15, -0.1) is 0 Å². The molecule has 1 aromatic heterocycles. The summed E-state index contributed by atoms with van der Waals surface area (Å²) in [5.74, 6) is 0. The lowest BCUT2D eigenvalue weighted by Gasteiger charge is -2.09. The Bertz CT molecular complexity index is 1160. The molecule has 26 heavy (non-hydrogen) atoms. The minimum Gasteiger partial charge on any atom is -0.299 e. The molecule has 1 heterocycles. The Morgan fingerprint density at radius 1 is 0.923 bits per heavy atom. The van der Waals surface area contributed by atoms with E-state index in [1.165, 1.54) is 5.56 Å². The van der Waals surface area contributed by atoms with E-state index in [9.17, 15) is 8.42 Å². The van der Waals surface area contributed by atoms with E-state index in [0.717, 1.165) is 16.7 Å². The van der Waals surface area contributed by atoms with E-state index in [0.29, 0.717) is 5.69 Å². The number of anilines is 1. The molecule has 0 atom stereocenters. The van der Waals surface area contributed by atoms with Crippen molar-refractivity contribution in [3.63, 3.8) is 0 Å². The smallest absolute Gasteiger partial charge is 0.261 e. The van der Waals surface area contributed by atoms with Gasteiger partial charge in [0.25, 0.3) is 10.0 Å². The standard InChI is InChI=1S/C20H17N3O2S/c1-15-7-10-17(11-8-15)23-14-21-19-13-16(9-12-20(19)23)22-26(24,25)18-5-3-2-4-6-18/h2-14,22H,1H3. The van der Waals surface area contributed by atoms with Crippen LogP contribution in [0.25, 0.3) is 16.7 Å². The second-order valence-electron chi connectivity index (χ2n) is 6.07. The van der Waals surface area contributed by atoms with E-state index in [1.807, 2.05) is 41.8 Å². The minimum absolute atomic E-state index is 0.227. The number of hydrogen-bond acceptors (Lipinski definition) is 3. The summed E-state index contributed by atoms with van der Waals surface area (Å²) >= 11 is 0. The first-order valence-electron chi connectivity index (χ1n) is 8.15. The number of nitrogens with one attached hydrogen (secondary N) is 1. The third-order valence-electron chi connectivity index (χ3n) is 4.17. The van der Waals surface area contributed by atoms with Crippen LogP contribution >= 0.6 is 0 Å². The zero-order valence-electron chi connectivity index (χ0n) is 14.1. The van der Waals surface area contributed by atoms with Crippen molar-refractivity contribution in [2.45, 2.75) is 11.8 Å². The van der Waals surface area contributed by atoms with Crippen LogP contribution < -0.4 is 4.72 Å². The van der Waals surface area contributed by atoms with Crippen molar-refractivity contribution in [1.82, 2.24) is 9.55 Å². The molecule has 0 aliphatic carbocycles. The maximum Gasteiger partial charge on any atom is 0.261 e. The molecule has 130 valence electrons. The van der Waals surface area contributed by atoms with E-state index in [1.54, 1.807) is 48.8 Å². The van der Waals surface area contributed by atoms with Gasteiger partial charge in [-0.1, -0.05) is 35.9 Å². The number of rotatable bonds is 4. The zero-order chi connectivity index (χ0) is 18.1. The van der Waals surface area contributed by atoms with Gasteiger partial charge in [-0.05, 0) is 49.4 Å². The molecule has 6 heteroatoms. The average Bonchev–Trinajstić information content (AvgIpc) is 3.06. The molecule has 0 spiro atoms. The number of benzene rings is 3. The Balaban J connectivity index is 1.68. The molecule has 0 fully saturated rings. The quantitative estimate of drug-likeness (QED) is 0.593. The summed E-state index contributed by atoms with van der Waals surface area (Å²) in [4.78, 5) is 4.64. The molecule has 1 N–H and O–H groups in total. The lowest BCUT2D eigenvalue weighted by molar-refractivity contribution is 0.601. The van der Waals surface area contributed by atoms with Gasteiger partial charge in [-0.25, -0.2) is 13.4 Å². The predicted octanol–water partition coefficient (Wildman–Crippen LogP) is 4.13. The number of sulfonamides is 1. The number of fused-ring (bicyclic) bond motifs is 1. The van der Waals surface area contributed by atoms with E-state index in [2.05, 4.69) is 9.71 Å². The van der Waals surface area contributed by atoms with Crippen molar-refractivity contribution < 1.29 is 8.42 Å². The first kappa shape index (κ1) is 16.4. The lowest BCUT2D eigenvalue weighted by atomic mass is 10.2. The van der Waals surface area contributed by atoms with Gasteiger partial charge in [0.1, 0.15) is 6.33 Å². The molecule has 0 amide bonds. The Hall–Kier alpha value is -3.12. The topological polar surface area (TPSA) is 64.0 Å². The number of imidazole rings is 1. The van der Waals surface area contributed by atoms with Crippen LogP contribution in [0.3, 0.4) is 0 Å². The van der Waals surface area contributed by atoms with Crippen molar-refractivity contribution in [3.05, 3.63) is 84.7 Å². The summed E-state index contributed by atoms with van der Waals surface area (Å²) in [5.41, 5.74) is 4.32. The largest absolute Gasteiger partial charge is 0.299 e. The van der Waals surface area contributed by atoms with Crippen LogP contribution in [-0.4, -0.2) is 18.0 Å². The maximum atomic E-state index is 12.5. The molecule has 0 radical (unpaired) electrons. The fourth-order valence-electron chi connectivity index (χ4n) is 2.80. The normalized spacial score (nSPS) is 11.6. The van der Waals surface area contributed by atoms with Crippen LogP contribution in [0.2, 0.25) is 0 Å². The maximum absolute atomic E-state index is 12.5. The van der Waals surface area contributed by atoms with Gasteiger partial charge < -0.3 is 0 Å². The summed E-state index contributed by atoms with van der Waals surface area (Å²) in [7, 11) is -3.62. The van der Waals surface area contributed by atoms with Crippen LogP contribution in [0.5, 0.6) is 0 Å². The van der Waals surface area contributed by atoms with Crippen LogP contribution in [0.4, 0.5) is 5.69 Å². The van der Waals surface area contributed by atoms with Gasteiger partial charge in [-0.2, -0.15) is 0 Å². The van der Waals surface area contributed by atoms with Crippen LogP contribution in [0.15, 0.2) is 84.0 Å². The average molecular weight is 363 g/mol. The minimum atomic E-state index is -3.62. The number of nitrogens with zero attached hydrogens (tertiary/aromatic N) is 2. The molecule has 0 unspecified atom stereocenters. The van der Waals surface area contributed by atoms with Crippen LogP contribution in [-0.2, 0) is 10.0 Å². The van der Waals surface area contributed by atoms with Crippen molar-refractivity contribution >= 4 is 26.7 Å². The Morgan fingerprint density at radius 3 is 2.38 bits per heavy atom. The second-order valence-corrected chi connectivity index (χ2v) is 7.75. The van der Waals surface area contributed by atoms with Crippen LogP contribution in [0.1, 0.15) is 5.56 Å². The molecule has 0 saturated carbocycles. The summed E-state index contributed by atoms with van der Waals surface area (Å²) in [6.45, 7) is 2.04. The van der Waals surface area contributed by atoms with E-state index in [-0.39, 0.29) is 4.90 Å². The third-order valence-corrected chi connectivity index (χ3v) is 5.56.